The second-order valence-electron chi connectivity index (χ2n) is 2.49. The van der Waals surface area contributed by atoms with Crippen molar-refractivity contribution in [1.82, 2.24) is 4.90 Å². The molecule has 0 saturated carbocycles. The van der Waals surface area contributed by atoms with Crippen LogP contribution in [0.1, 0.15) is 13.8 Å². The maximum absolute atomic E-state index is 3.75. The summed E-state index contributed by atoms with van der Waals surface area (Å²) in [6, 6.07) is 10.0. The van der Waals surface area contributed by atoms with Gasteiger partial charge in [-0.05, 0) is 13.1 Å². The summed E-state index contributed by atoms with van der Waals surface area (Å²) in [6.45, 7) is 11.2. The molecule has 13 heavy (non-hydrogen) atoms. The molecule has 1 aromatic rings. The molecule has 0 radical (unpaired) electrons. The quantitative estimate of drug-likeness (QED) is 0.751. The molecule has 2 heteroatoms. The van der Waals surface area contributed by atoms with E-state index in [1.165, 1.54) is 0 Å². The maximum Gasteiger partial charge on any atom is 2.00 e. The molecule has 0 N–H and O–H groups in total. The third-order valence-corrected chi connectivity index (χ3v) is 1.77. The van der Waals surface area contributed by atoms with Crippen molar-refractivity contribution in [1.29, 1.82) is 0 Å². The van der Waals surface area contributed by atoms with Gasteiger partial charge in [-0.2, -0.15) is 18.2 Å². The van der Waals surface area contributed by atoms with E-state index in [1.54, 1.807) is 0 Å². The minimum atomic E-state index is 0. The molecule has 0 spiro atoms. The van der Waals surface area contributed by atoms with Crippen molar-refractivity contribution in [3.05, 3.63) is 37.3 Å². The molecule has 1 aromatic carbocycles. The molecule has 0 fully saturated rings. The fraction of sp³-hybridized carbons (Fsp3) is 0.455. The predicted molar refractivity (Wildman–Crippen MR) is 55.2 cm³/mol. The summed E-state index contributed by atoms with van der Waals surface area (Å²) in [5.74, 6) is 0. The average Bonchev–Trinajstić information content (AvgIpc) is 2.64. The summed E-state index contributed by atoms with van der Waals surface area (Å²) in [4.78, 5) is 2.26. The van der Waals surface area contributed by atoms with Gasteiger partial charge in [0, 0.05) is 0 Å². The first-order valence-electron chi connectivity index (χ1n) is 4.53. The Morgan fingerprint density at radius 2 is 1.62 bits per heavy atom. The predicted octanol–water partition coefficient (Wildman–Crippen LogP) is 2.57. The van der Waals surface area contributed by atoms with Crippen LogP contribution in [-0.2, 0) is 26.2 Å². The van der Waals surface area contributed by atoms with Gasteiger partial charge in [0.1, 0.15) is 0 Å². The average molecular weight is 257 g/mol. The Hall–Kier alpha value is 0.193. The summed E-state index contributed by atoms with van der Waals surface area (Å²) in [6.07, 6.45) is 0. The monoisotopic (exact) mass is 255 g/mol. The zero-order chi connectivity index (χ0) is 9.23. The second kappa shape index (κ2) is 12.2. The first-order valence-corrected chi connectivity index (χ1v) is 4.53. The summed E-state index contributed by atoms with van der Waals surface area (Å²) in [5.41, 5.74) is 0. The van der Waals surface area contributed by atoms with Gasteiger partial charge in [-0.15, -0.1) is 6.54 Å². The molecular formula is C11H19NZr. The van der Waals surface area contributed by atoms with Gasteiger partial charge in [0.25, 0.3) is 0 Å². The summed E-state index contributed by atoms with van der Waals surface area (Å²) >= 11 is 0. The van der Waals surface area contributed by atoms with Crippen molar-refractivity contribution < 1.29 is 26.2 Å². The number of hydrogen-bond acceptors (Lipinski definition) is 1. The van der Waals surface area contributed by atoms with E-state index in [0.717, 1.165) is 19.6 Å². The molecule has 0 unspecified atom stereocenters. The van der Waals surface area contributed by atoms with E-state index >= 15 is 0 Å². The van der Waals surface area contributed by atoms with Gasteiger partial charge in [-0.3, -0.25) is 0 Å². The van der Waals surface area contributed by atoms with Crippen LogP contribution in [0.2, 0.25) is 0 Å². The Kier molecular flexibility index (Phi) is 14.7. The molecule has 0 aromatic heterocycles. The van der Waals surface area contributed by atoms with Gasteiger partial charge in [-0.25, -0.2) is 12.1 Å². The zero-order valence-electron chi connectivity index (χ0n) is 8.66. The smallest absolute Gasteiger partial charge is 0.333 e. The second-order valence-corrected chi connectivity index (χ2v) is 2.49. The van der Waals surface area contributed by atoms with E-state index in [9.17, 15) is 0 Å². The SMILES string of the molecule is [CH2-]CN(CC)CC.[Zr+2].c1cc[cH-]c1. The van der Waals surface area contributed by atoms with Crippen molar-refractivity contribution in [2.75, 3.05) is 19.6 Å². The third kappa shape index (κ3) is 10.1. The fourth-order valence-electron chi connectivity index (χ4n) is 0.861. The first kappa shape index (κ1) is 15.7. The molecule has 0 amide bonds. The minimum Gasteiger partial charge on any atom is -0.333 e. The molecule has 1 rings (SSSR count). The van der Waals surface area contributed by atoms with E-state index in [2.05, 4.69) is 25.7 Å². The van der Waals surface area contributed by atoms with Crippen LogP contribution in [0.4, 0.5) is 0 Å². The van der Waals surface area contributed by atoms with Gasteiger partial charge in [-0.1, -0.05) is 13.8 Å². The van der Waals surface area contributed by atoms with Crippen LogP contribution >= 0.6 is 0 Å². The van der Waals surface area contributed by atoms with Crippen LogP contribution < -0.4 is 0 Å². The Labute approximate surface area is 102 Å². The van der Waals surface area contributed by atoms with Crippen LogP contribution in [0, 0.1) is 6.92 Å². The van der Waals surface area contributed by atoms with Crippen LogP contribution in [0.3, 0.4) is 0 Å². The van der Waals surface area contributed by atoms with E-state index < -0.39 is 0 Å². The molecule has 72 valence electrons. The van der Waals surface area contributed by atoms with Crippen molar-refractivity contribution in [3.63, 3.8) is 0 Å². The summed E-state index contributed by atoms with van der Waals surface area (Å²) in [7, 11) is 0. The molecule has 0 aliphatic heterocycles. The fourth-order valence-corrected chi connectivity index (χ4v) is 0.861. The van der Waals surface area contributed by atoms with Gasteiger partial charge in [0.2, 0.25) is 0 Å². The van der Waals surface area contributed by atoms with Crippen molar-refractivity contribution in [2.45, 2.75) is 13.8 Å². The molecule has 0 heterocycles. The summed E-state index contributed by atoms with van der Waals surface area (Å²) < 4.78 is 0. The Bertz CT molecular complexity index is 122. The number of nitrogens with zero attached hydrogens (tertiary/aromatic N) is 1. The molecule has 0 aliphatic rings. The molecular weight excluding hydrogens is 237 g/mol. The maximum atomic E-state index is 3.75. The zero-order valence-corrected chi connectivity index (χ0v) is 11.1. The molecule has 0 atom stereocenters. The minimum absolute atomic E-state index is 0. The van der Waals surface area contributed by atoms with Crippen LogP contribution in [0.15, 0.2) is 30.3 Å². The van der Waals surface area contributed by atoms with Crippen LogP contribution in [-0.4, -0.2) is 24.5 Å². The molecule has 0 aliphatic carbocycles. The largest absolute Gasteiger partial charge is 2.00 e. The summed E-state index contributed by atoms with van der Waals surface area (Å²) in [5, 5.41) is 0. The van der Waals surface area contributed by atoms with Crippen molar-refractivity contribution in [3.8, 4) is 0 Å². The first-order chi connectivity index (χ1) is 5.85. The third-order valence-electron chi connectivity index (χ3n) is 1.77. The van der Waals surface area contributed by atoms with Gasteiger partial charge in [0.15, 0.2) is 0 Å². The Balaban J connectivity index is 0. The molecule has 0 bridgehead atoms. The normalized spacial score (nSPS) is 8.62. The van der Waals surface area contributed by atoms with Crippen molar-refractivity contribution in [2.24, 2.45) is 0 Å². The van der Waals surface area contributed by atoms with Gasteiger partial charge >= 0.3 is 26.2 Å². The van der Waals surface area contributed by atoms with E-state index in [1.807, 2.05) is 30.3 Å². The van der Waals surface area contributed by atoms with Gasteiger partial charge < -0.3 is 11.8 Å². The number of rotatable bonds is 3. The topological polar surface area (TPSA) is 3.24 Å². The molecule has 1 nitrogen and oxygen atoms in total. The van der Waals surface area contributed by atoms with Gasteiger partial charge in [0.05, 0.1) is 0 Å². The van der Waals surface area contributed by atoms with Crippen LogP contribution in [0.25, 0.3) is 0 Å². The van der Waals surface area contributed by atoms with Crippen LogP contribution in [0.5, 0.6) is 0 Å². The van der Waals surface area contributed by atoms with Crippen molar-refractivity contribution >= 4 is 0 Å². The molecule has 0 saturated heterocycles. The Morgan fingerprint density at radius 3 is 1.69 bits per heavy atom. The van der Waals surface area contributed by atoms with E-state index in [0.29, 0.717) is 0 Å². The van der Waals surface area contributed by atoms with E-state index in [4.69, 9.17) is 0 Å². The standard InChI is InChI=1S/C6H14N.C5H5.Zr/c1-4-7(5-2)6-3;1-2-4-5-3-1;/h1,4-6H2,2-3H3;1-5H;/q2*-1;+2. The Morgan fingerprint density at radius 1 is 1.15 bits per heavy atom. The number of hydrogen-bond donors (Lipinski definition) is 0. The van der Waals surface area contributed by atoms with E-state index in [-0.39, 0.29) is 26.2 Å².